The summed E-state index contributed by atoms with van der Waals surface area (Å²) in [6, 6.07) is 14.7. The monoisotopic (exact) mass is 406 g/mol. The third kappa shape index (κ3) is 7.36. The molecule has 7 heteroatoms. The highest BCUT2D eigenvalue weighted by Gasteiger charge is 2.13. The van der Waals surface area contributed by atoms with Crippen molar-refractivity contribution in [3.63, 3.8) is 0 Å². The first kappa shape index (κ1) is 21.5. The first-order valence-electron chi connectivity index (χ1n) is 8.73. The second kappa shape index (κ2) is 9.92. The maximum Gasteiger partial charge on any atom is 0.251 e. The lowest BCUT2D eigenvalue weighted by Crippen LogP contribution is -2.31. The number of carbonyl (C=O) groups is 1. The first-order chi connectivity index (χ1) is 12.8. The molecule has 0 aliphatic carbocycles. The molecule has 0 aliphatic heterocycles. The number of hydrogen-bond acceptors (Lipinski definition) is 4. The predicted octanol–water partition coefficient (Wildman–Crippen LogP) is 3.31. The van der Waals surface area contributed by atoms with Gasteiger partial charge in [0.25, 0.3) is 5.91 Å². The summed E-state index contributed by atoms with van der Waals surface area (Å²) < 4.78 is 26.5. The fourth-order valence-electron chi connectivity index (χ4n) is 2.58. The van der Waals surface area contributed by atoms with Crippen LogP contribution in [0, 0.1) is 0 Å². The Kier molecular flexibility index (Phi) is 7.89. The van der Waals surface area contributed by atoms with Gasteiger partial charge < -0.3 is 5.32 Å². The summed E-state index contributed by atoms with van der Waals surface area (Å²) in [4.78, 5) is 12.2. The van der Waals surface area contributed by atoms with Crippen LogP contribution >= 0.6 is 11.8 Å². The van der Waals surface area contributed by atoms with Gasteiger partial charge in [0, 0.05) is 23.9 Å². The van der Waals surface area contributed by atoms with Crippen LogP contribution in [-0.4, -0.2) is 26.6 Å². The Morgan fingerprint density at radius 3 is 2.07 bits per heavy atom. The molecule has 0 saturated carbocycles. The van der Waals surface area contributed by atoms with Crippen molar-refractivity contribution >= 4 is 27.7 Å². The van der Waals surface area contributed by atoms with Gasteiger partial charge in [-0.15, -0.1) is 0 Å². The third-order valence-electron chi connectivity index (χ3n) is 3.78. The summed E-state index contributed by atoms with van der Waals surface area (Å²) in [6.45, 7) is 3.97. The SMILES string of the molecule is CSCc1ccc(C(=O)NCc2ccc(CS(=O)(=O)NC(C)C)cc2)cc1. The van der Waals surface area contributed by atoms with E-state index in [0.29, 0.717) is 17.7 Å². The van der Waals surface area contributed by atoms with Gasteiger partial charge in [-0.25, -0.2) is 13.1 Å². The molecule has 0 spiro atoms. The molecule has 2 aromatic carbocycles. The second-order valence-corrected chi connectivity index (χ2v) is 9.28. The van der Waals surface area contributed by atoms with Crippen molar-refractivity contribution in [2.45, 2.75) is 37.9 Å². The molecule has 1 amide bonds. The average molecular weight is 407 g/mol. The summed E-state index contributed by atoms with van der Waals surface area (Å²) in [5, 5.41) is 2.89. The lowest BCUT2D eigenvalue weighted by Gasteiger charge is -2.10. The minimum atomic E-state index is -3.34. The van der Waals surface area contributed by atoms with Gasteiger partial charge in [-0.3, -0.25) is 4.79 Å². The number of benzene rings is 2. The van der Waals surface area contributed by atoms with E-state index in [1.165, 1.54) is 5.56 Å². The van der Waals surface area contributed by atoms with E-state index in [-0.39, 0.29) is 17.7 Å². The lowest BCUT2D eigenvalue weighted by molar-refractivity contribution is 0.0951. The maximum atomic E-state index is 12.2. The molecule has 2 N–H and O–H groups in total. The van der Waals surface area contributed by atoms with Crippen molar-refractivity contribution in [2.75, 3.05) is 6.26 Å². The number of carbonyl (C=O) groups excluding carboxylic acids is 1. The summed E-state index contributed by atoms with van der Waals surface area (Å²) in [5.74, 6) is 0.745. The molecule has 0 fully saturated rings. The van der Waals surface area contributed by atoms with E-state index in [1.807, 2.05) is 42.7 Å². The van der Waals surface area contributed by atoms with Gasteiger partial charge in [0.1, 0.15) is 0 Å². The van der Waals surface area contributed by atoms with E-state index < -0.39 is 10.0 Å². The van der Waals surface area contributed by atoms with Crippen molar-refractivity contribution in [2.24, 2.45) is 0 Å². The van der Waals surface area contributed by atoms with Crippen LogP contribution in [0.2, 0.25) is 0 Å². The van der Waals surface area contributed by atoms with Gasteiger partial charge >= 0.3 is 0 Å². The largest absolute Gasteiger partial charge is 0.348 e. The van der Waals surface area contributed by atoms with Crippen LogP contribution in [0.5, 0.6) is 0 Å². The third-order valence-corrected chi connectivity index (χ3v) is 5.94. The standard InChI is InChI=1S/C20H26N2O3S2/c1-15(2)22-27(24,25)14-18-6-4-16(5-7-18)12-21-20(23)19-10-8-17(9-11-19)13-26-3/h4-11,15,22H,12-14H2,1-3H3,(H,21,23). The number of nitrogens with one attached hydrogen (secondary N) is 2. The Morgan fingerprint density at radius 1 is 0.963 bits per heavy atom. The first-order valence-corrected chi connectivity index (χ1v) is 11.8. The molecule has 0 bridgehead atoms. The molecule has 2 aromatic rings. The maximum absolute atomic E-state index is 12.2. The Labute approximate surface area is 166 Å². The van der Waals surface area contributed by atoms with Crippen LogP contribution in [0.1, 0.15) is 40.9 Å². The highest BCUT2D eigenvalue weighted by atomic mass is 32.2. The van der Waals surface area contributed by atoms with Crippen molar-refractivity contribution in [3.8, 4) is 0 Å². The van der Waals surface area contributed by atoms with Gasteiger partial charge in [0.2, 0.25) is 10.0 Å². The molecule has 0 radical (unpaired) electrons. The van der Waals surface area contributed by atoms with Crippen LogP contribution in [0.4, 0.5) is 0 Å². The van der Waals surface area contributed by atoms with Gasteiger partial charge in [-0.2, -0.15) is 11.8 Å². The van der Waals surface area contributed by atoms with Gasteiger partial charge in [0.05, 0.1) is 5.75 Å². The van der Waals surface area contributed by atoms with Gasteiger partial charge in [0.15, 0.2) is 0 Å². The molecule has 27 heavy (non-hydrogen) atoms. The molecule has 2 rings (SSSR count). The Bertz CT molecular complexity index is 846. The van der Waals surface area contributed by atoms with Crippen LogP contribution < -0.4 is 10.0 Å². The van der Waals surface area contributed by atoms with E-state index in [1.54, 1.807) is 37.7 Å². The predicted molar refractivity (Wildman–Crippen MR) is 112 cm³/mol. The number of sulfonamides is 1. The van der Waals surface area contributed by atoms with E-state index in [4.69, 9.17) is 0 Å². The van der Waals surface area contributed by atoms with Crippen molar-refractivity contribution < 1.29 is 13.2 Å². The fraction of sp³-hybridized carbons (Fsp3) is 0.350. The zero-order valence-electron chi connectivity index (χ0n) is 15.9. The minimum Gasteiger partial charge on any atom is -0.348 e. The zero-order chi connectivity index (χ0) is 19.9. The van der Waals surface area contributed by atoms with Gasteiger partial charge in [-0.1, -0.05) is 36.4 Å². The smallest absolute Gasteiger partial charge is 0.251 e. The molecule has 0 heterocycles. The van der Waals surface area contributed by atoms with Crippen molar-refractivity contribution in [1.82, 2.24) is 10.0 Å². The van der Waals surface area contributed by atoms with E-state index in [0.717, 1.165) is 11.3 Å². The lowest BCUT2D eigenvalue weighted by atomic mass is 10.1. The minimum absolute atomic E-state index is 0.0553. The van der Waals surface area contributed by atoms with E-state index in [9.17, 15) is 13.2 Å². The summed E-state index contributed by atoms with van der Waals surface area (Å²) >= 11 is 1.74. The molecular weight excluding hydrogens is 380 g/mol. The zero-order valence-corrected chi connectivity index (χ0v) is 17.5. The Morgan fingerprint density at radius 2 is 1.52 bits per heavy atom. The normalized spacial score (nSPS) is 11.6. The van der Waals surface area contributed by atoms with Crippen LogP contribution in [0.15, 0.2) is 48.5 Å². The van der Waals surface area contributed by atoms with Crippen molar-refractivity contribution in [1.29, 1.82) is 0 Å². The molecule has 0 saturated heterocycles. The van der Waals surface area contributed by atoms with Gasteiger partial charge in [-0.05, 0) is 48.9 Å². The molecular formula is C20H26N2O3S2. The highest BCUT2D eigenvalue weighted by Crippen LogP contribution is 2.11. The number of thioether (sulfide) groups is 1. The second-order valence-electron chi connectivity index (χ2n) is 6.66. The summed E-state index contributed by atoms with van der Waals surface area (Å²) in [6.07, 6.45) is 2.04. The van der Waals surface area contributed by atoms with Crippen LogP contribution in [0.3, 0.4) is 0 Å². The van der Waals surface area contributed by atoms with Crippen LogP contribution in [-0.2, 0) is 28.1 Å². The number of amides is 1. The molecule has 146 valence electrons. The highest BCUT2D eigenvalue weighted by molar-refractivity contribution is 7.97. The molecule has 0 aromatic heterocycles. The summed E-state index contributed by atoms with van der Waals surface area (Å²) in [7, 11) is -3.34. The van der Waals surface area contributed by atoms with Crippen LogP contribution in [0.25, 0.3) is 0 Å². The van der Waals surface area contributed by atoms with E-state index in [2.05, 4.69) is 10.0 Å². The average Bonchev–Trinajstić information content (AvgIpc) is 2.60. The molecule has 0 aliphatic rings. The summed E-state index contributed by atoms with van der Waals surface area (Å²) in [5.41, 5.74) is 3.45. The molecule has 0 atom stereocenters. The molecule has 0 unspecified atom stereocenters. The number of hydrogen-bond donors (Lipinski definition) is 2. The molecule has 5 nitrogen and oxygen atoms in total. The van der Waals surface area contributed by atoms with E-state index >= 15 is 0 Å². The topological polar surface area (TPSA) is 75.3 Å². The Hall–Kier alpha value is -1.83. The Balaban J connectivity index is 1.90. The quantitative estimate of drug-likeness (QED) is 0.670. The fourth-order valence-corrected chi connectivity index (χ4v) is 4.54. The number of rotatable bonds is 9. The van der Waals surface area contributed by atoms with Crippen molar-refractivity contribution in [3.05, 3.63) is 70.8 Å².